The van der Waals surface area contributed by atoms with E-state index in [1.165, 1.54) is 0 Å². The molecule has 1 amide bonds. The van der Waals surface area contributed by atoms with Crippen LogP contribution in [0.3, 0.4) is 0 Å². The standard InChI is InChI=1S/C26H32ClN3O4.C2HF3O2/c1-15(2)10-22(26(33)34)30-25(32)21-9-5-8-20-18(13-29-24(20)21)11-16(3)28-14-23(31)17-6-4-7-19(27)12-17;3-2(4,5)1(6)7/h4-9,12-13,15-16,22-23,28-29,31H,10-11,14H2,1-3H3,(H,30,32)(H,33,34);(H,6,7)/t16-,22+,23+;/m1./s1. The lowest BCUT2D eigenvalue weighted by Gasteiger charge is -2.18. The van der Waals surface area contributed by atoms with Crippen molar-refractivity contribution in [2.24, 2.45) is 5.92 Å². The number of aliphatic carboxylic acids is 2. The van der Waals surface area contributed by atoms with Crippen LogP contribution >= 0.6 is 11.6 Å². The van der Waals surface area contributed by atoms with Gasteiger partial charge in [-0.3, -0.25) is 4.79 Å². The minimum Gasteiger partial charge on any atom is -0.480 e. The Hall–Kier alpha value is -3.61. The van der Waals surface area contributed by atoms with Crippen molar-refractivity contribution in [3.05, 3.63) is 70.4 Å². The molecule has 3 rings (SSSR count). The largest absolute Gasteiger partial charge is 0.490 e. The van der Waals surface area contributed by atoms with Gasteiger partial charge in [0, 0.05) is 29.2 Å². The number of halogens is 4. The fourth-order valence-corrected chi connectivity index (χ4v) is 4.24. The van der Waals surface area contributed by atoms with Gasteiger partial charge < -0.3 is 30.9 Å². The van der Waals surface area contributed by atoms with E-state index in [2.05, 4.69) is 15.6 Å². The molecule has 1 aromatic heterocycles. The number of aliphatic hydroxyl groups excluding tert-OH is 1. The van der Waals surface area contributed by atoms with E-state index in [4.69, 9.17) is 21.5 Å². The van der Waals surface area contributed by atoms with Gasteiger partial charge in [-0.1, -0.05) is 49.7 Å². The zero-order valence-corrected chi connectivity index (χ0v) is 23.4. The summed E-state index contributed by atoms with van der Waals surface area (Å²) in [7, 11) is 0. The average molecular weight is 600 g/mol. The van der Waals surface area contributed by atoms with E-state index in [9.17, 15) is 33.0 Å². The third-order valence-electron chi connectivity index (χ3n) is 6.02. The summed E-state index contributed by atoms with van der Waals surface area (Å²) in [5, 5.41) is 34.5. The molecule has 1 heterocycles. The molecular weight excluding hydrogens is 567 g/mol. The van der Waals surface area contributed by atoms with Gasteiger partial charge in [0.25, 0.3) is 5.91 Å². The summed E-state index contributed by atoms with van der Waals surface area (Å²) in [6, 6.07) is 11.7. The number of carboxylic acids is 2. The number of fused-ring (bicyclic) bond motifs is 1. The number of nitrogens with one attached hydrogen (secondary N) is 3. The number of para-hydroxylation sites is 1. The Morgan fingerprint density at radius 1 is 1.05 bits per heavy atom. The van der Waals surface area contributed by atoms with Crippen molar-refractivity contribution >= 4 is 40.3 Å². The minimum atomic E-state index is -5.08. The van der Waals surface area contributed by atoms with Crippen molar-refractivity contribution < 1.29 is 42.9 Å². The molecule has 0 aliphatic rings. The van der Waals surface area contributed by atoms with Crippen LogP contribution in [0.1, 0.15) is 54.8 Å². The molecule has 224 valence electrons. The predicted molar refractivity (Wildman–Crippen MR) is 148 cm³/mol. The number of carbonyl (C=O) groups is 3. The van der Waals surface area contributed by atoms with Gasteiger partial charge in [0.1, 0.15) is 6.04 Å². The van der Waals surface area contributed by atoms with Gasteiger partial charge in [0.05, 0.1) is 17.2 Å². The van der Waals surface area contributed by atoms with Crippen LogP contribution in [0, 0.1) is 5.92 Å². The molecule has 0 radical (unpaired) electrons. The first-order chi connectivity index (χ1) is 19.1. The maximum Gasteiger partial charge on any atom is 0.490 e. The van der Waals surface area contributed by atoms with Gasteiger partial charge in [-0.2, -0.15) is 13.2 Å². The molecule has 0 spiro atoms. The Kier molecular flexibility index (Phi) is 12.2. The number of hydrogen-bond donors (Lipinski definition) is 6. The molecule has 41 heavy (non-hydrogen) atoms. The number of rotatable bonds is 11. The molecule has 0 bridgehead atoms. The highest BCUT2D eigenvalue weighted by Crippen LogP contribution is 2.24. The quantitative estimate of drug-likeness (QED) is 0.183. The molecule has 0 unspecified atom stereocenters. The average Bonchev–Trinajstić information content (AvgIpc) is 3.29. The molecule has 2 aromatic carbocycles. The Bertz CT molecular complexity index is 1350. The summed E-state index contributed by atoms with van der Waals surface area (Å²) in [4.78, 5) is 36.5. The highest BCUT2D eigenvalue weighted by molar-refractivity contribution is 6.30. The summed E-state index contributed by atoms with van der Waals surface area (Å²) >= 11 is 6.01. The summed E-state index contributed by atoms with van der Waals surface area (Å²) in [5.74, 6) is -4.07. The fraction of sp³-hybridized carbons (Fsp3) is 0.393. The number of benzene rings is 2. The normalized spacial score (nSPS) is 13.7. The van der Waals surface area contributed by atoms with Crippen molar-refractivity contribution in [2.75, 3.05) is 6.54 Å². The second-order valence-corrected chi connectivity index (χ2v) is 10.4. The van der Waals surface area contributed by atoms with Crippen LogP contribution in [0.25, 0.3) is 10.9 Å². The van der Waals surface area contributed by atoms with Crippen molar-refractivity contribution in [3.63, 3.8) is 0 Å². The van der Waals surface area contributed by atoms with Crippen LogP contribution in [-0.4, -0.2) is 63.0 Å². The molecule has 9 nitrogen and oxygen atoms in total. The number of aliphatic hydroxyl groups is 1. The molecule has 13 heteroatoms. The van der Waals surface area contributed by atoms with E-state index in [-0.39, 0.29) is 12.0 Å². The lowest BCUT2D eigenvalue weighted by molar-refractivity contribution is -0.192. The van der Waals surface area contributed by atoms with Gasteiger partial charge in [-0.05, 0) is 55.0 Å². The van der Waals surface area contributed by atoms with Crippen LogP contribution < -0.4 is 10.6 Å². The van der Waals surface area contributed by atoms with Gasteiger partial charge in [0.15, 0.2) is 0 Å². The Morgan fingerprint density at radius 2 is 1.68 bits per heavy atom. The molecule has 0 saturated heterocycles. The Balaban J connectivity index is 0.000000745. The fourth-order valence-electron chi connectivity index (χ4n) is 4.05. The Morgan fingerprint density at radius 3 is 2.24 bits per heavy atom. The highest BCUT2D eigenvalue weighted by atomic mass is 35.5. The molecule has 0 aliphatic heterocycles. The number of H-pyrrole nitrogens is 1. The van der Waals surface area contributed by atoms with Crippen LogP contribution in [0.15, 0.2) is 48.7 Å². The Labute approximate surface area is 239 Å². The van der Waals surface area contributed by atoms with E-state index in [1.807, 2.05) is 45.2 Å². The van der Waals surface area contributed by atoms with Crippen molar-refractivity contribution in [2.45, 2.75) is 58.0 Å². The van der Waals surface area contributed by atoms with Gasteiger partial charge in [-0.25, -0.2) is 9.59 Å². The highest BCUT2D eigenvalue weighted by Gasteiger charge is 2.38. The van der Waals surface area contributed by atoms with Gasteiger partial charge in [-0.15, -0.1) is 0 Å². The number of carboxylic acid groups (broad SMARTS) is 2. The summed E-state index contributed by atoms with van der Waals surface area (Å²) in [6.07, 6.45) is -2.85. The molecule has 3 atom stereocenters. The first-order valence-electron chi connectivity index (χ1n) is 12.7. The van der Waals surface area contributed by atoms with E-state index in [0.29, 0.717) is 35.5 Å². The summed E-state index contributed by atoms with van der Waals surface area (Å²) in [6.45, 7) is 6.25. The minimum absolute atomic E-state index is 0.0627. The van der Waals surface area contributed by atoms with E-state index >= 15 is 0 Å². The zero-order chi connectivity index (χ0) is 30.9. The van der Waals surface area contributed by atoms with Gasteiger partial charge in [0.2, 0.25) is 0 Å². The van der Waals surface area contributed by atoms with Crippen LogP contribution in [-0.2, 0) is 16.0 Å². The molecule has 0 aliphatic carbocycles. The number of hydrogen-bond acceptors (Lipinski definition) is 5. The number of alkyl halides is 3. The van der Waals surface area contributed by atoms with Crippen molar-refractivity contribution in [1.29, 1.82) is 0 Å². The lowest BCUT2D eigenvalue weighted by Crippen LogP contribution is -2.41. The number of carbonyl (C=O) groups excluding carboxylic acids is 1. The van der Waals surface area contributed by atoms with E-state index in [1.54, 1.807) is 24.3 Å². The number of amides is 1. The number of aromatic amines is 1. The molecule has 0 saturated carbocycles. The van der Waals surface area contributed by atoms with E-state index in [0.717, 1.165) is 16.5 Å². The predicted octanol–water partition coefficient (Wildman–Crippen LogP) is 4.94. The van der Waals surface area contributed by atoms with Crippen LogP contribution in [0.2, 0.25) is 5.02 Å². The maximum atomic E-state index is 12.9. The topological polar surface area (TPSA) is 152 Å². The molecule has 3 aromatic rings. The first kappa shape index (κ1) is 33.6. The maximum absolute atomic E-state index is 12.9. The van der Waals surface area contributed by atoms with Crippen molar-refractivity contribution in [3.8, 4) is 0 Å². The first-order valence-corrected chi connectivity index (χ1v) is 13.1. The summed E-state index contributed by atoms with van der Waals surface area (Å²) < 4.78 is 31.7. The second kappa shape index (κ2) is 14.9. The SMILES string of the molecule is CC(C)C[C@H](NC(=O)c1cccc2c(C[C@@H](C)NC[C@H](O)c3cccc(Cl)c3)c[nH]c12)C(=O)O.O=C(O)C(F)(F)F. The second-order valence-electron chi connectivity index (χ2n) is 9.92. The van der Waals surface area contributed by atoms with Gasteiger partial charge >= 0.3 is 18.1 Å². The summed E-state index contributed by atoms with van der Waals surface area (Å²) in [5.41, 5.74) is 2.87. The van der Waals surface area contributed by atoms with Crippen LogP contribution in [0.4, 0.5) is 13.2 Å². The molecule has 0 fully saturated rings. The smallest absolute Gasteiger partial charge is 0.480 e. The third-order valence-corrected chi connectivity index (χ3v) is 6.25. The van der Waals surface area contributed by atoms with Crippen LogP contribution in [0.5, 0.6) is 0 Å². The third kappa shape index (κ3) is 10.4. The monoisotopic (exact) mass is 599 g/mol. The zero-order valence-electron chi connectivity index (χ0n) is 22.6. The molecule has 6 N–H and O–H groups in total. The molecular formula is C28H33ClF3N3O6. The van der Waals surface area contributed by atoms with E-state index < -0.39 is 36.2 Å². The van der Waals surface area contributed by atoms with Crippen molar-refractivity contribution in [1.82, 2.24) is 15.6 Å². The number of aromatic nitrogens is 1. The lowest BCUT2D eigenvalue weighted by atomic mass is 10.0.